The van der Waals surface area contributed by atoms with Crippen LogP contribution in [0.1, 0.15) is 37.9 Å². The molecule has 1 aromatic heterocycles. The molecular formula is C23H32N6O2. The second-order valence-electron chi connectivity index (χ2n) is 9.14. The summed E-state index contributed by atoms with van der Waals surface area (Å²) in [5.74, 6) is 1.03. The maximum Gasteiger partial charge on any atom is 0.416 e. The molecule has 1 amide bonds. The van der Waals surface area contributed by atoms with Gasteiger partial charge in [-0.3, -0.25) is 9.80 Å². The molecule has 0 saturated carbocycles. The summed E-state index contributed by atoms with van der Waals surface area (Å²) in [6.45, 7) is 11.8. The number of likely N-dealkylation sites (N-methyl/N-ethyl adjacent to an activating group) is 1. The van der Waals surface area contributed by atoms with Gasteiger partial charge in [-0.05, 0) is 45.0 Å². The average Bonchev–Trinajstić information content (AvgIpc) is 3.02. The molecule has 166 valence electrons. The van der Waals surface area contributed by atoms with Crippen molar-refractivity contribution in [2.45, 2.75) is 39.0 Å². The fourth-order valence-electron chi connectivity index (χ4n) is 3.97. The van der Waals surface area contributed by atoms with Crippen LogP contribution in [0.4, 0.5) is 16.6 Å². The van der Waals surface area contributed by atoms with Crippen molar-refractivity contribution in [2.24, 2.45) is 0 Å². The van der Waals surface area contributed by atoms with Crippen LogP contribution in [0.15, 0.2) is 36.5 Å². The topological polar surface area (TPSA) is 73.8 Å². The van der Waals surface area contributed by atoms with Gasteiger partial charge in [-0.1, -0.05) is 24.3 Å². The molecule has 8 heteroatoms. The van der Waals surface area contributed by atoms with Gasteiger partial charge >= 0.3 is 6.09 Å². The van der Waals surface area contributed by atoms with Crippen molar-refractivity contribution in [3.8, 4) is 0 Å². The third-order valence-corrected chi connectivity index (χ3v) is 5.87. The van der Waals surface area contributed by atoms with E-state index in [9.17, 15) is 4.79 Å². The monoisotopic (exact) mass is 424 g/mol. The first kappa shape index (κ1) is 21.5. The van der Waals surface area contributed by atoms with Crippen LogP contribution >= 0.6 is 0 Å². The fourth-order valence-corrected chi connectivity index (χ4v) is 3.97. The Kier molecular flexibility index (Phi) is 6.11. The summed E-state index contributed by atoms with van der Waals surface area (Å²) in [5.41, 5.74) is 1.97. The van der Waals surface area contributed by atoms with E-state index in [1.54, 1.807) is 17.2 Å². The first-order valence-corrected chi connectivity index (χ1v) is 10.9. The number of piperazine rings is 1. The second kappa shape index (κ2) is 8.80. The SMILES string of the molecule is CC(Nc1nccc(N2CC(C)(C)OC2=O)n1)c1ccc(CN2CCN(C)CC2)cc1. The number of hydrogen-bond acceptors (Lipinski definition) is 7. The summed E-state index contributed by atoms with van der Waals surface area (Å²) in [6.07, 6.45) is 1.29. The van der Waals surface area contributed by atoms with Crippen molar-refractivity contribution in [3.05, 3.63) is 47.7 Å². The first-order chi connectivity index (χ1) is 14.8. The van der Waals surface area contributed by atoms with Crippen LogP contribution in [0.3, 0.4) is 0 Å². The number of carbonyl (C=O) groups excluding carboxylic acids is 1. The van der Waals surface area contributed by atoms with E-state index in [4.69, 9.17) is 4.74 Å². The minimum absolute atomic E-state index is 0.0370. The number of rotatable bonds is 6. The maximum atomic E-state index is 12.2. The third kappa shape index (κ3) is 5.32. The van der Waals surface area contributed by atoms with E-state index in [1.807, 2.05) is 13.8 Å². The number of aromatic nitrogens is 2. The molecule has 2 fully saturated rings. The predicted molar refractivity (Wildman–Crippen MR) is 121 cm³/mol. The lowest BCUT2D eigenvalue weighted by Crippen LogP contribution is -2.43. The molecule has 1 aromatic carbocycles. The predicted octanol–water partition coefficient (Wildman–Crippen LogP) is 3.13. The molecular weight excluding hydrogens is 392 g/mol. The Balaban J connectivity index is 1.37. The molecule has 31 heavy (non-hydrogen) atoms. The number of nitrogens with one attached hydrogen (secondary N) is 1. The van der Waals surface area contributed by atoms with Crippen LogP contribution in [0.2, 0.25) is 0 Å². The molecule has 2 aromatic rings. The van der Waals surface area contributed by atoms with Gasteiger partial charge in [0.05, 0.1) is 12.6 Å². The number of nitrogens with zero attached hydrogens (tertiary/aromatic N) is 5. The molecule has 0 aliphatic carbocycles. The lowest BCUT2D eigenvalue weighted by Gasteiger charge is -2.32. The number of ether oxygens (including phenoxy) is 1. The van der Waals surface area contributed by atoms with Crippen LogP contribution in [-0.4, -0.2) is 71.2 Å². The molecule has 2 saturated heterocycles. The first-order valence-electron chi connectivity index (χ1n) is 10.9. The smallest absolute Gasteiger partial charge is 0.416 e. The van der Waals surface area contributed by atoms with Gasteiger partial charge < -0.3 is 15.0 Å². The maximum absolute atomic E-state index is 12.2. The van der Waals surface area contributed by atoms with Crippen molar-refractivity contribution in [2.75, 3.05) is 50.0 Å². The number of amides is 1. The number of anilines is 2. The normalized spacial score (nSPS) is 20.5. The average molecular weight is 425 g/mol. The Labute approximate surface area is 184 Å². The molecule has 0 bridgehead atoms. The zero-order valence-electron chi connectivity index (χ0n) is 18.8. The highest BCUT2D eigenvalue weighted by atomic mass is 16.6. The zero-order valence-corrected chi connectivity index (χ0v) is 18.8. The third-order valence-electron chi connectivity index (χ3n) is 5.87. The van der Waals surface area contributed by atoms with Crippen molar-refractivity contribution < 1.29 is 9.53 Å². The largest absolute Gasteiger partial charge is 0.441 e. The van der Waals surface area contributed by atoms with Gasteiger partial charge in [0, 0.05) is 38.9 Å². The standard InChI is InChI=1S/C23H32N6O2/c1-17(19-7-5-18(6-8-19)15-28-13-11-27(4)12-14-28)25-21-24-10-9-20(26-21)29-16-23(2,3)31-22(29)30/h5-10,17H,11-16H2,1-4H3,(H,24,25,26). The number of carbonyl (C=O) groups is 1. The van der Waals surface area contributed by atoms with Crippen LogP contribution in [0, 0.1) is 0 Å². The zero-order chi connectivity index (χ0) is 22.0. The molecule has 3 heterocycles. The molecule has 1 unspecified atom stereocenters. The van der Waals surface area contributed by atoms with Gasteiger partial charge in [-0.25, -0.2) is 9.78 Å². The molecule has 0 radical (unpaired) electrons. The van der Waals surface area contributed by atoms with E-state index in [0.717, 1.165) is 38.3 Å². The minimum atomic E-state index is -0.519. The van der Waals surface area contributed by atoms with Crippen LogP contribution in [0.5, 0.6) is 0 Å². The highest BCUT2D eigenvalue weighted by Crippen LogP contribution is 2.27. The Morgan fingerprint density at radius 2 is 1.84 bits per heavy atom. The van der Waals surface area contributed by atoms with E-state index in [-0.39, 0.29) is 12.1 Å². The van der Waals surface area contributed by atoms with Crippen LogP contribution in [0.25, 0.3) is 0 Å². The van der Waals surface area contributed by atoms with Crippen LogP contribution < -0.4 is 10.2 Å². The van der Waals surface area contributed by atoms with Gasteiger partial charge in [0.2, 0.25) is 5.95 Å². The van der Waals surface area contributed by atoms with E-state index in [2.05, 4.69) is 63.3 Å². The summed E-state index contributed by atoms with van der Waals surface area (Å²) >= 11 is 0. The summed E-state index contributed by atoms with van der Waals surface area (Å²) in [6, 6.07) is 10.5. The van der Waals surface area contributed by atoms with E-state index < -0.39 is 5.60 Å². The van der Waals surface area contributed by atoms with Gasteiger partial charge in [0.1, 0.15) is 11.4 Å². The van der Waals surface area contributed by atoms with Crippen molar-refractivity contribution >= 4 is 17.9 Å². The summed E-state index contributed by atoms with van der Waals surface area (Å²) < 4.78 is 5.38. The molecule has 0 spiro atoms. The number of cyclic esters (lactones) is 1. The Morgan fingerprint density at radius 1 is 1.13 bits per heavy atom. The number of benzene rings is 1. The summed E-state index contributed by atoms with van der Waals surface area (Å²) in [5, 5.41) is 3.35. The van der Waals surface area contributed by atoms with E-state index in [0.29, 0.717) is 18.3 Å². The second-order valence-corrected chi connectivity index (χ2v) is 9.14. The van der Waals surface area contributed by atoms with Gasteiger partial charge in [-0.15, -0.1) is 0 Å². The van der Waals surface area contributed by atoms with E-state index >= 15 is 0 Å². The summed E-state index contributed by atoms with van der Waals surface area (Å²) in [7, 11) is 2.18. The number of hydrogen-bond donors (Lipinski definition) is 1. The van der Waals surface area contributed by atoms with Crippen molar-refractivity contribution in [1.82, 2.24) is 19.8 Å². The molecule has 2 aliphatic heterocycles. The fraction of sp³-hybridized carbons (Fsp3) is 0.522. The molecule has 1 atom stereocenters. The summed E-state index contributed by atoms with van der Waals surface area (Å²) in [4.78, 5) is 27.4. The molecule has 4 rings (SSSR count). The highest BCUT2D eigenvalue weighted by molar-refractivity contribution is 5.89. The van der Waals surface area contributed by atoms with Crippen LogP contribution in [-0.2, 0) is 11.3 Å². The van der Waals surface area contributed by atoms with Crippen molar-refractivity contribution in [3.63, 3.8) is 0 Å². The molecule has 2 aliphatic rings. The lowest BCUT2D eigenvalue weighted by atomic mass is 10.1. The minimum Gasteiger partial charge on any atom is -0.441 e. The van der Waals surface area contributed by atoms with Crippen molar-refractivity contribution in [1.29, 1.82) is 0 Å². The Morgan fingerprint density at radius 3 is 2.48 bits per heavy atom. The van der Waals surface area contributed by atoms with Gasteiger partial charge in [0.15, 0.2) is 0 Å². The highest BCUT2D eigenvalue weighted by Gasteiger charge is 2.39. The Bertz CT molecular complexity index is 909. The molecule has 1 N–H and O–H groups in total. The lowest BCUT2D eigenvalue weighted by molar-refractivity contribution is 0.0871. The molecule has 8 nitrogen and oxygen atoms in total. The van der Waals surface area contributed by atoms with E-state index in [1.165, 1.54) is 5.56 Å². The quantitative estimate of drug-likeness (QED) is 0.764. The van der Waals surface area contributed by atoms with Gasteiger partial charge in [0.25, 0.3) is 0 Å². The van der Waals surface area contributed by atoms with Gasteiger partial charge in [-0.2, -0.15) is 4.98 Å². The Hall–Kier alpha value is -2.71.